The molecule has 0 unspecified atom stereocenters. The minimum Gasteiger partial charge on any atom is -0.309 e. The van der Waals surface area contributed by atoms with E-state index in [1.165, 1.54) is 16.9 Å². The first-order chi connectivity index (χ1) is 14.7. The Balaban J connectivity index is 1.43. The topological polar surface area (TPSA) is 63.6 Å². The van der Waals surface area contributed by atoms with Crippen molar-refractivity contribution in [2.24, 2.45) is 0 Å². The maximum atomic E-state index is 12.8. The summed E-state index contributed by atoms with van der Waals surface area (Å²) >= 11 is 3.05. The van der Waals surface area contributed by atoms with E-state index in [0.717, 1.165) is 26.8 Å². The fourth-order valence-electron chi connectivity index (χ4n) is 3.40. The molecule has 0 atom stereocenters. The molecular formula is C23H18N4OS2. The molecule has 5 nitrogen and oxygen atoms in total. The van der Waals surface area contributed by atoms with Crippen molar-refractivity contribution in [3.63, 3.8) is 0 Å². The molecule has 0 saturated carbocycles. The number of thioether (sulfide) groups is 1. The van der Waals surface area contributed by atoms with Gasteiger partial charge in [0, 0.05) is 29.0 Å². The number of rotatable bonds is 5. The number of imidazole rings is 1. The second-order valence-electron chi connectivity index (χ2n) is 6.92. The zero-order chi connectivity index (χ0) is 20.5. The average molecular weight is 431 g/mol. The van der Waals surface area contributed by atoms with Crippen LogP contribution in [0.3, 0.4) is 0 Å². The minimum atomic E-state index is -0.0993. The van der Waals surface area contributed by atoms with Crippen molar-refractivity contribution < 1.29 is 0 Å². The number of fused-ring (bicyclic) bond motifs is 1. The van der Waals surface area contributed by atoms with Gasteiger partial charge in [-0.2, -0.15) is 0 Å². The van der Waals surface area contributed by atoms with E-state index < -0.39 is 0 Å². The molecule has 3 heterocycles. The number of thiophene rings is 1. The van der Waals surface area contributed by atoms with Gasteiger partial charge in [0.05, 0.1) is 11.1 Å². The SMILES string of the molecule is Cc1cccc(-n2ccnc2SCc2nc3scc(-c4ccccc4)c3c(=O)[nH]2)c1. The number of hydrogen-bond acceptors (Lipinski definition) is 5. The number of H-pyrrole nitrogens is 1. The van der Waals surface area contributed by atoms with Crippen molar-refractivity contribution >= 4 is 33.3 Å². The standard InChI is InChI=1S/C23H18N4OS2/c1-15-6-5-9-17(12-15)27-11-10-24-23(27)30-14-19-25-21(28)20-18(13-29-22(20)26-19)16-7-3-2-4-8-16/h2-13H,14H2,1H3,(H,25,26,28). The minimum absolute atomic E-state index is 0.0993. The number of hydrogen-bond donors (Lipinski definition) is 1. The summed E-state index contributed by atoms with van der Waals surface area (Å²) in [6, 6.07) is 18.2. The lowest BCUT2D eigenvalue weighted by Gasteiger charge is -2.08. The molecule has 5 rings (SSSR count). The van der Waals surface area contributed by atoms with E-state index in [2.05, 4.69) is 35.1 Å². The Morgan fingerprint density at radius 1 is 1.13 bits per heavy atom. The summed E-state index contributed by atoms with van der Waals surface area (Å²) in [7, 11) is 0. The van der Waals surface area contributed by atoms with Crippen LogP contribution in [0.4, 0.5) is 0 Å². The third kappa shape index (κ3) is 3.58. The maximum Gasteiger partial charge on any atom is 0.260 e. The molecule has 30 heavy (non-hydrogen) atoms. The highest BCUT2D eigenvalue weighted by Crippen LogP contribution is 2.31. The Hall–Kier alpha value is -3.16. The highest BCUT2D eigenvalue weighted by molar-refractivity contribution is 7.98. The Morgan fingerprint density at radius 2 is 2.00 bits per heavy atom. The lowest BCUT2D eigenvalue weighted by Crippen LogP contribution is -2.11. The van der Waals surface area contributed by atoms with Crippen molar-refractivity contribution in [1.82, 2.24) is 19.5 Å². The maximum absolute atomic E-state index is 12.8. The van der Waals surface area contributed by atoms with Crippen LogP contribution in [0.15, 0.2) is 82.3 Å². The molecule has 2 aromatic carbocycles. The lowest BCUT2D eigenvalue weighted by atomic mass is 10.1. The Kier molecular flexibility index (Phi) is 4.98. The molecular weight excluding hydrogens is 412 g/mol. The van der Waals surface area contributed by atoms with Crippen LogP contribution in [-0.4, -0.2) is 19.5 Å². The van der Waals surface area contributed by atoms with E-state index >= 15 is 0 Å². The van der Waals surface area contributed by atoms with E-state index in [0.29, 0.717) is 17.0 Å². The Bertz CT molecular complexity index is 1390. The van der Waals surface area contributed by atoms with Crippen molar-refractivity contribution in [2.45, 2.75) is 17.8 Å². The molecule has 0 aliphatic rings. The van der Waals surface area contributed by atoms with Crippen molar-refractivity contribution in [1.29, 1.82) is 0 Å². The third-order valence-corrected chi connectivity index (χ3v) is 6.65. The summed E-state index contributed by atoms with van der Waals surface area (Å²) in [5.74, 6) is 1.19. The summed E-state index contributed by atoms with van der Waals surface area (Å²) in [4.78, 5) is 25.7. The second kappa shape index (κ2) is 7.93. The predicted octanol–water partition coefficient (Wildman–Crippen LogP) is 5.44. The fraction of sp³-hybridized carbons (Fsp3) is 0.0870. The van der Waals surface area contributed by atoms with Crippen LogP contribution >= 0.6 is 23.1 Å². The molecule has 0 amide bonds. The van der Waals surface area contributed by atoms with Gasteiger partial charge in [0.25, 0.3) is 5.56 Å². The van der Waals surface area contributed by atoms with Gasteiger partial charge < -0.3 is 4.98 Å². The molecule has 7 heteroatoms. The lowest BCUT2D eigenvalue weighted by molar-refractivity contribution is 0.891. The summed E-state index contributed by atoms with van der Waals surface area (Å²) < 4.78 is 2.05. The Morgan fingerprint density at radius 3 is 2.83 bits per heavy atom. The van der Waals surface area contributed by atoms with Gasteiger partial charge in [0.2, 0.25) is 0 Å². The summed E-state index contributed by atoms with van der Waals surface area (Å²) in [6.07, 6.45) is 3.73. The zero-order valence-corrected chi connectivity index (χ0v) is 17.8. The smallest absolute Gasteiger partial charge is 0.260 e. The van der Waals surface area contributed by atoms with Gasteiger partial charge >= 0.3 is 0 Å². The molecule has 0 aliphatic heterocycles. The first-order valence-electron chi connectivity index (χ1n) is 9.48. The van der Waals surface area contributed by atoms with E-state index in [-0.39, 0.29) is 5.56 Å². The van der Waals surface area contributed by atoms with Crippen molar-refractivity contribution in [2.75, 3.05) is 0 Å². The van der Waals surface area contributed by atoms with Crippen LogP contribution in [-0.2, 0) is 5.75 Å². The van der Waals surface area contributed by atoms with Crippen LogP contribution in [0.1, 0.15) is 11.4 Å². The van der Waals surface area contributed by atoms with Crippen LogP contribution in [0.2, 0.25) is 0 Å². The number of aryl methyl sites for hydroxylation is 1. The molecule has 0 bridgehead atoms. The van der Waals surface area contributed by atoms with Gasteiger partial charge in [-0.05, 0) is 30.2 Å². The average Bonchev–Trinajstić information content (AvgIpc) is 3.40. The van der Waals surface area contributed by atoms with Crippen LogP contribution in [0.25, 0.3) is 27.0 Å². The summed E-state index contributed by atoms with van der Waals surface area (Å²) in [5.41, 5.74) is 4.12. The van der Waals surface area contributed by atoms with Gasteiger partial charge in [0.15, 0.2) is 5.16 Å². The van der Waals surface area contributed by atoms with E-state index in [1.54, 1.807) is 18.0 Å². The quantitative estimate of drug-likeness (QED) is 0.377. The summed E-state index contributed by atoms with van der Waals surface area (Å²) in [5, 5.41) is 3.52. The van der Waals surface area contributed by atoms with Crippen molar-refractivity contribution in [3.8, 4) is 16.8 Å². The van der Waals surface area contributed by atoms with Gasteiger partial charge in [-0.25, -0.2) is 9.97 Å². The highest BCUT2D eigenvalue weighted by Gasteiger charge is 2.14. The zero-order valence-electron chi connectivity index (χ0n) is 16.2. The van der Waals surface area contributed by atoms with E-state index in [9.17, 15) is 4.79 Å². The third-order valence-electron chi connectivity index (χ3n) is 4.80. The first-order valence-corrected chi connectivity index (χ1v) is 11.3. The van der Waals surface area contributed by atoms with E-state index in [4.69, 9.17) is 4.98 Å². The monoisotopic (exact) mass is 430 g/mol. The van der Waals surface area contributed by atoms with Gasteiger partial charge in [-0.3, -0.25) is 9.36 Å². The van der Waals surface area contributed by atoms with Crippen LogP contribution < -0.4 is 5.56 Å². The first kappa shape index (κ1) is 18.8. The molecule has 0 spiro atoms. The predicted molar refractivity (Wildman–Crippen MR) is 124 cm³/mol. The van der Waals surface area contributed by atoms with Crippen LogP contribution in [0, 0.1) is 6.92 Å². The van der Waals surface area contributed by atoms with Gasteiger partial charge in [-0.15, -0.1) is 11.3 Å². The number of aromatic amines is 1. The van der Waals surface area contributed by atoms with Crippen LogP contribution in [0.5, 0.6) is 0 Å². The molecule has 3 aromatic heterocycles. The number of benzene rings is 2. The van der Waals surface area contributed by atoms with Crippen molar-refractivity contribution in [3.05, 3.63) is 94.1 Å². The number of aromatic nitrogens is 4. The fourth-order valence-corrected chi connectivity index (χ4v) is 5.21. The molecule has 0 fully saturated rings. The highest BCUT2D eigenvalue weighted by atomic mass is 32.2. The number of nitrogens with one attached hydrogen (secondary N) is 1. The molecule has 148 valence electrons. The molecule has 5 aromatic rings. The number of nitrogens with zero attached hydrogens (tertiary/aromatic N) is 3. The normalized spacial score (nSPS) is 11.2. The molecule has 0 aliphatic carbocycles. The molecule has 0 radical (unpaired) electrons. The Labute approximate surface area is 181 Å². The summed E-state index contributed by atoms with van der Waals surface area (Å²) in [6.45, 7) is 2.07. The largest absolute Gasteiger partial charge is 0.309 e. The van der Waals surface area contributed by atoms with Gasteiger partial charge in [-0.1, -0.05) is 54.2 Å². The van der Waals surface area contributed by atoms with Gasteiger partial charge in [0.1, 0.15) is 10.7 Å². The van der Waals surface area contributed by atoms with E-state index in [1.807, 2.05) is 52.5 Å². The molecule has 1 N–H and O–H groups in total. The molecule has 0 saturated heterocycles. The second-order valence-corrected chi connectivity index (χ2v) is 8.72.